The molecule has 1 atom stereocenters. The highest BCUT2D eigenvalue weighted by Gasteiger charge is 2.35. The third kappa shape index (κ3) is 5.83. The molecule has 2 aromatic rings. The van der Waals surface area contributed by atoms with Crippen LogP contribution < -0.4 is 0 Å². The Bertz CT molecular complexity index is 1010. The molecule has 1 saturated heterocycles. The molecule has 6 nitrogen and oxygen atoms in total. The van der Waals surface area contributed by atoms with E-state index in [1.165, 1.54) is 11.3 Å². The summed E-state index contributed by atoms with van der Waals surface area (Å²) < 4.78 is 28.9. The summed E-state index contributed by atoms with van der Waals surface area (Å²) in [5.74, 6) is -0.713. The Hall–Kier alpha value is -1.90. The zero-order valence-corrected chi connectivity index (χ0v) is 19.2. The Morgan fingerprint density at radius 2 is 1.90 bits per heavy atom. The standard InChI is InChI=1S/C21H24ClNO5S2/c1-14(2)11-23(17-9-10-30(26,27)13-17)20(24)12-28-21(25)19-8-7-18(29-19)15-3-5-16(22)6-4-15/h3-8,14,17H,9-13H2,1-2H3. The first-order valence-electron chi connectivity index (χ1n) is 9.67. The lowest BCUT2D eigenvalue weighted by molar-refractivity contribution is -0.137. The van der Waals surface area contributed by atoms with Crippen LogP contribution in [0.1, 0.15) is 29.9 Å². The highest BCUT2D eigenvalue weighted by molar-refractivity contribution is 7.91. The zero-order chi connectivity index (χ0) is 21.9. The van der Waals surface area contributed by atoms with Gasteiger partial charge in [0.05, 0.1) is 11.5 Å². The van der Waals surface area contributed by atoms with Crippen molar-refractivity contribution in [3.63, 3.8) is 0 Å². The number of halogens is 1. The first kappa shape index (κ1) is 22.8. The highest BCUT2D eigenvalue weighted by Crippen LogP contribution is 2.29. The van der Waals surface area contributed by atoms with Gasteiger partial charge in [-0.15, -0.1) is 11.3 Å². The van der Waals surface area contributed by atoms with Crippen LogP contribution in [0.25, 0.3) is 10.4 Å². The Morgan fingerprint density at radius 1 is 1.20 bits per heavy atom. The van der Waals surface area contributed by atoms with Crippen molar-refractivity contribution in [2.24, 2.45) is 5.92 Å². The molecule has 3 rings (SSSR count). The van der Waals surface area contributed by atoms with Crippen molar-refractivity contribution < 1.29 is 22.7 Å². The van der Waals surface area contributed by atoms with E-state index in [0.29, 0.717) is 22.9 Å². The molecule has 0 radical (unpaired) electrons. The number of sulfone groups is 1. The zero-order valence-electron chi connectivity index (χ0n) is 16.8. The average Bonchev–Trinajstić information content (AvgIpc) is 3.31. The third-order valence-electron chi connectivity index (χ3n) is 4.79. The predicted molar refractivity (Wildman–Crippen MR) is 119 cm³/mol. The van der Waals surface area contributed by atoms with Crippen molar-refractivity contribution in [2.75, 3.05) is 24.7 Å². The maximum atomic E-state index is 12.7. The third-order valence-corrected chi connectivity index (χ3v) is 7.91. The number of carbonyl (C=O) groups is 2. The van der Waals surface area contributed by atoms with Gasteiger partial charge in [-0.1, -0.05) is 37.6 Å². The summed E-state index contributed by atoms with van der Waals surface area (Å²) in [6, 6.07) is 10.4. The molecule has 1 amide bonds. The fraction of sp³-hybridized carbons (Fsp3) is 0.429. The Balaban J connectivity index is 1.62. The van der Waals surface area contributed by atoms with Crippen molar-refractivity contribution in [3.8, 4) is 10.4 Å². The molecular formula is C21H24ClNO5S2. The molecule has 0 saturated carbocycles. The van der Waals surface area contributed by atoms with E-state index in [4.69, 9.17) is 16.3 Å². The van der Waals surface area contributed by atoms with Gasteiger partial charge in [0.15, 0.2) is 16.4 Å². The van der Waals surface area contributed by atoms with Crippen molar-refractivity contribution in [1.29, 1.82) is 0 Å². The molecule has 1 aliphatic heterocycles. The van der Waals surface area contributed by atoms with Gasteiger partial charge >= 0.3 is 5.97 Å². The van der Waals surface area contributed by atoms with E-state index in [9.17, 15) is 18.0 Å². The van der Waals surface area contributed by atoms with E-state index in [1.807, 2.05) is 32.0 Å². The Labute approximate surface area is 185 Å². The summed E-state index contributed by atoms with van der Waals surface area (Å²) in [5, 5.41) is 0.634. The average molecular weight is 470 g/mol. The molecule has 1 fully saturated rings. The fourth-order valence-electron chi connectivity index (χ4n) is 3.37. The van der Waals surface area contributed by atoms with Gasteiger partial charge in [0, 0.05) is 22.5 Å². The van der Waals surface area contributed by atoms with E-state index in [2.05, 4.69) is 0 Å². The van der Waals surface area contributed by atoms with Gasteiger partial charge in [-0.25, -0.2) is 13.2 Å². The summed E-state index contributed by atoms with van der Waals surface area (Å²) in [6.45, 7) is 3.94. The summed E-state index contributed by atoms with van der Waals surface area (Å²) in [7, 11) is -3.12. The predicted octanol–water partition coefficient (Wildman–Crippen LogP) is 3.90. The molecule has 162 valence electrons. The minimum atomic E-state index is -3.12. The number of ether oxygens (including phenoxy) is 1. The number of rotatable bonds is 7. The van der Waals surface area contributed by atoms with Crippen LogP contribution in [0.15, 0.2) is 36.4 Å². The van der Waals surface area contributed by atoms with Crippen LogP contribution in [-0.2, 0) is 19.4 Å². The maximum absolute atomic E-state index is 12.7. The molecule has 1 unspecified atom stereocenters. The van der Waals surface area contributed by atoms with Gasteiger partial charge in [0.25, 0.3) is 5.91 Å². The molecule has 2 heterocycles. The molecule has 0 N–H and O–H groups in total. The normalized spacial score (nSPS) is 17.8. The smallest absolute Gasteiger partial charge is 0.348 e. The van der Waals surface area contributed by atoms with Crippen LogP contribution in [0.4, 0.5) is 0 Å². The Kier molecular flexibility index (Phi) is 7.21. The first-order valence-corrected chi connectivity index (χ1v) is 12.7. The number of nitrogens with zero attached hydrogens (tertiary/aromatic N) is 1. The van der Waals surface area contributed by atoms with Crippen molar-refractivity contribution in [2.45, 2.75) is 26.3 Å². The van der Waals surface area contributed by atoms with E-state index in [0.717, 1.165) is 10.4 Å². The van der Waals surface area contributed by atoms with Crippen molar-refractivity contribution in [1.82, 2.24) is 4.90 Å². The van der Waals surface area contributed by atoms with Crippen molar-refractivity contribution >= 4 is 44.7 Å². The van der Waals surface area contributed by atoms with Gasteiger partial charge in [-0.3, -0.25) is 4.79 Å². The van der Waals surface area contributed by atoms with Crippen LogP contribution in [0.2, 0.25) is 5.02 Å². The quantitative estimate of drug-likeness (QED) is 0.574. The van der Waals surface area contributed by atoms with Gasteiger partial charge < -0.3 is 9.64 Å². The van der Waals surface area contributed by atoms with Crippen LogP contribution in [0.3, 0.4) is 0 Å². The lowest BCUT2D eigenvalue weighted by Crippen LogP contribution is -2.45. The molecule has 1 aromatic heterocycles. The number of hydrogen-bond acceptors (Lipinski definition) is 6. The lowest BCUT2D eigenvalue weighted by Gasteiger charge is -2.29. The monoisotopic (exact) mass is 469 g/mol. The van der Waals surface area contributed by atoms with E-state index in [1.54, 1.807) is 23.1 Å². The minimum Gasteiger partial charge on any atom is -0.451 e. The second-order valence-corrected chi connectivity index (χ2v) is 11.5. The second kappa shape index (κ2) is 9.49. The maximum Gasteiger partial charge on any atom is 0.348 e. The summed E-state index contributed by atoms with van der Waals surface area (Å²) >= 11 is 7.18. The largest absolute Gasteiger partial charge is 0.451 e. The first-order chi connectivity index (χ1) is 14.1. The summed E-state index contributed by atoms with van der Waals surface area (Å²) in [6.07, 6.45) is 0.421. The SMILES string of the molecule is CC(C)CN(C(=O)COC(=O)c1ccc(-c2ccc(Cl)cc2)s1)C1CCS(=O)(=O)C1. The number of amides is 1. The van der Waals surface area contributed by atoms with Gasteiger partial charge in [0.1, 0.15) is 4.88 Å². The summed E-state index contributed by atoms with van der Waals surface area (Å²) in [5.41, 5.74) is 0.935. The molecule has 9 heteroatoms. The summed E-state index contributed by atoms with van der Waals surface area (Å²) in [4.78, 5) is 28.0. The number of benzene rings is 1. The van der Waals surface area contributed by atoms with Gasteiger partial charge in [0.2, 0.25) is 0 Å². The second-order valence-electron chi connectivity index (χ2n) is 7.74. The number of esters is 1. The highest BCUT2D eigenvalue weighted by atomic mass is 35.5. The fourth-order valence-corrected chi connectivity index (χ4v) is 6.13. The van der Waals surface area contributed by atoms with Crippen LogP contribution in [-0.4, -0.2) is 55.9 Å². The molecular weight excluding hydrogens is 446 g/mol. The Morgan fingerprint density at radius 3 is 2.50 bits per heavy atom. The van der Waals surface area contributed by atoms with Crippen LogP contribution in [0, 0.1) is 5.92 Å². The number of thiophene rings is 1. The topological polar surface area (TPSA) is 80.8 Å². The van der Waals surface area contributed by atoms with E-state index < -0.39 is 22.4 Å². The molecule has 0 spiro atoms. The van der Waals surface area contributed by atoms with Crippen LogP contribution in [0.5, 0.6) is 0 Å². The number of carbonyl (C=O) groups excluding carboxylic acids is 2. The molecule has 1 aliphatic rings. The van der Waals surface area contributed by atoms with Gasteiger partial charge in [-0.2, -0.15) is 0 Å². The van der Waals surface area contributed by atoms with E-state index >= 15 is 0 Å². The molecule has 0 bridgehead atoms. The van der Waals surface area contributed by atoms with Crippen LogP contribution >= 0.6 is 22.9 Å². The minimum absolute atomic E-state index is 0.0330. The van der Waals surface area contributed by atoms with Gasteiger partial charge in [-0.05, 0) is 42.2 Å². The molecule has 0 aliphatic carbocycles. The number of hydrogen-bond donors (Lipinski definition) is 0. The van der Waals surface area contributed by atoms with Crippen molar-refractivity contribution in [3.05, 3.63) is 46.3 Å². The van der Waals surface area contributed by atoms with E-state index in [-0.39, 0.29) is 29.4 Å². The molecule has 1 aromatic carbocycles. The molecule has 30 heavy (non-hydrogen) atoms. The lowest BCUT2D eigenvalue weighted by atomic mass is 10.1.